The first-order valence-corrected chi connectivity index (χ1v) is 5.38. The zero-order valence-corrected chi connectivity index (χ0v) is 9.08. The van der Waals surface area contributed by atoms with Crippen LogP contribution in [0.5, 0.6) is 0 Å². The first-order valence-electron chi connectivity index (χ1n) is 5.38. The van der Waals surface area contributed by atoms with Crippen LogP contribution in [0.2, 0.25) is 0 Å². The number of nitrogens with two attached hydrogens (primary N) is 1. The highest BCUT2D eigenvalue weighted by Crippen LogP contribution is 2.18. The van der Waals surface area contributed by atoms with Gasteiger partial charge in [0.25, 0.3) is 0 Å². The summed E-state index contributed by atoms with van der Waals surface area (Å²) >= 11 is 0. The van der Waals surface area contributed by atoms with Gasteiger partial charge in [-0.15, -0.1) is 0 Å². The Morgan fingerprint density at radius 2 is 2.07 bits per heavy atom. The fourth-order valence-electron chi connectivity index (χ4n) is 1.19. The van der Waals surface area contributed by atoms with Crippen molar-refractivity contribution in [3.8, 4) is 0 Å². The molecule has 0 amide bonds. The van der Waals surface area contributed by atoms with Crippen molar-refractivity contribution in [2.45, 2.75) is 51.2 Å². The average Bonchev–Trinajstić information content (AvgIpc) is 2.98. The minimum atomic E-state index is -0.685. The van der Waals surface area contributed by atoms with E-state index in [9.17, 15) is 5.11 Å². The number of aliphatic hydroxyl groups is 1. The van der Waals surface area contributed by atoms with Gasteiger partial charge in [0.15, 0.2) is 5.96 Å². The first kappa shape index (κ1) is 11.3. The summed E-state index contributed by atoms with van der Waals surface area (Å²) in [5.41, 5.74) is 4.97. The normalized spacial score (nSPS) is 18.4. The van der Waals surface area contributed by atoms with Gasteiger partial charge in [0.1, 0.15) is 0 Å². The largest absolute Gasteiger partial charge is 0.388 e. The van der Waals surface area contributed by atoms with E-state index in [2.05, 4.69) is 10.3 Å². The molecule has 4 nitrogen and oxygen atoms in total. The number of nitrogens with zero attached hydrogens (tertiary/aromatic N) is 1. The average molecular weight is 199 g/mol. The maximum atomic E-state index is 9.94. The zero-order chi connectivity index (χ0) is 10.6. The second-order valence-electron chi connectivity index (χ2n) is 4.05. The van der Waals surface area contributed by atoms with E-state index in [0.717, 1.165) is 0 Å². The van der Waals surface area contributed by atoms with Crippen molar-refractivity contribution < 1.29 is 5.11 Å². The Bertz CT molecular complexity index is 207. The lowest BCUT2D eigenvalue weighted by molar-refractivity contribution is 0.0418. The van der Waals surface area contributed by atoms with Gasteiger partial charge in [0.2, 0.25) is 0 Å². The smallest absolute Gasteiger partial charge is 0.188 e. The minimum Gasteiger partial charge on any atom is -0.388 e. The molecule has 4 heteroatoms. The highest BCUT2D eigenvalue weighted by molar-refractivity contribution is 5.78. The SMILES string of the molecule is CCC(O)(CC)CN=C(N)NC1CC1. The molecule has 0 heterocycles. The van der Waals surface area contributed by atoms with Crippen molar-refractivity contribution in [3.05, 3.63) is 0 Å². The van der Waals surface area contributed by atoms with Gasteiger partial charge in [0.05, 0.1) is 12.1 Å². The van der Waals surface area contributed by atoms with Crippen molar-refractivity contribution in [1.82, 2.24) is 5.32 Å². The number of hydrogen-bond donors (Lipinski definition) is 3. The molecule has 0 unspecified atom stereocenters. The molecular formula is C10H21N3O. The lowest BCUT2D eigenvalue weighted by atomic mass is 9.98. The van der Waals surface area contributed by atoms with E-state index in [1.165, 1.54) is 12.8 Å². The third-order valence-corrected chi connectivity index (χ3v) is 2.79. The fraction of sp³-hybridized carbons (Fsp3) is 0.900. The van der Waals surface area contributed by atoms with Gasteiger partial charge >= 0.3 is 0 Å². The Hall–Kier alpha value is -0.770. The second-order valence-corrected chi connectivity index (χ2v) is 4.05. The van der Waals surface area contributed by atoms with Crippen LogP contribution >= 0.6 is 0 Å². The molecule has 1 aliphatic carbocycles. The Balaban J connectivity index is 2.34. The summed E-state index contributed by atoms with van der Waals surface area (Å²) in [5, 5.41) is 13.0. The number of guanidine groups is 1. The number of aliphatic imine (C=N–C) groups is 1. The van der Waals surface area contributed by atoms with Crippen LogP contribution in [0.4, 0.5) is 0 Å². The fourth-order valence-corrected chi connectivity index (χ4v) is 1.19. The van der Waals surface area contributed by atoms with E-state index < -0.39 is 5.60 Å². The van der Waals surface area contributed by atoms with Crippen molar-refractivity contribution in [2.75, 3.05) is 6.54 Å². The highest BCUT2D eigenvalue weighted by atomic mass is 16.3. The van der Waals surface area contributed by atoms with Gasteiger partial charge in [0, 0.05) is 6.04 Å². The lowest BCUT2D eigenvalue weighted by Gasteiger charge is -2.22. The third kappa shape index (κ3) is 3.54. The molecule has 1 fully saturated rings. The van der Waals surface area contributed by atoms with Crippen molar-refractivity contribution in [1.29, 1.82) is 0 Å². The number of rotatable bonds is 5. The molecule has 0 aromatic rings. The van der Waals surface area contributed by atoms with Crippen LogP contribution in [0.1, 0.15) is 39.5 Å². The van der Waals surface area contributed by atoms with Crippen molar-refractivity contribution in [3.63, 3.8) is 0 Å². The van der Waals surface area contributed by atoms with Crippen LogP contribution in [0.3, 0.4) is 0 Å². The number of hydrogen-bond acceptors (Lipinski definition) is 2. The Labute approximate surface area is 85.6 Å². The summed E-state index contributed by atoms with van der Waals surface area (Å²) in [6.45, 7) is 4.32. The molecule has 82 valence electrons. The van der Waals surface area contributed by atoms with Crippen LogP contribution in [0.25, 0.3) is 0 Å². The van der Waals surface area contributed by atoms with Crippen LogP contribution in [-0.2, 0) is 0 Å². The maximum Gasteiger partial charge on any atom is 0.188 e. The van der Waals surface area contributed by atoms with Gasteiger partial charge in [-0.1, -0.05) is 13.8 Å². The van der Waals surface area contributed by atoms with E-state index in [1.807, 2.05) is 13.8 Å². The monoisotopic (exact) mass is 199 g/mol. The molecule has 4 N–H and O–H groups in total. The molecule has 0 spiro atoms. The quantitative estimate of drug-likeness (QED) is 0.448. The minimum absolute atomic E-state index is 0.394. The van der Waals surface area contributed by atoms with Crippen molar-refractivity contribution >= 4 is 5.96 Å². The summed E-state index contributed by atoms with van der Waals surface area (Å²) in [5.74, 6) is 0.466. The Kier molecular flexibility index (Phi) is 3.75. The standard InChI is InChI=1S/C10H21N3O/c1-3-10(14,4-2)7-12-9(11)13-8-5-6-8/h8,14H,3-7H2,1-2H3,(H3,11,12,13). The van der Waals surface area contributed by atoms with E-state index in [0.29, 0.717) is 31.4 Å². The molecule has 1 rings (SSSR count). The summed E-state index contributed by atoms with van der Waals surface area (Å²) < 4.78 is 0. The van der Waals surface area contributed by atoms with Gasteiger partial charge in [-0.05, 0) is 25.7 Å². The van der Waals surface area contributed by atoms with Crippen molar-refractivity contribution in [2.24, 2.45) is 10.7 Å². The lowest BCUT2D eigenvalue weighted by Crippen LogP contribution is -2.37. The van der Waals surface area contributed by atoms with Gasteiger partial charge in [-0.25, -0.2) is 0 Å². The maximum absolute atomic E-state index is 9.94. The summed E-state index contributed by atoms with van der Waals surface area (Å²) in [6, 6.07) is 0.523. The summed E-state index contributed by atoms with van der Waals surface area (Å²) in [7, 11) is 0. The first-order chi connectivity index (χ1) is 6.59. The molecule has 0 aliphatic heterocycles. The Morgan fingerprint density at radius 3 is 2.50 bits per heavy atom. The van der Waals surface area contributed by atoms with Crippen LogP contribution < -0.4 is 11.1 Å². The molecule has 1 aliphatic rings. The van der Waals surface area contributed by atoms with Gasteiger partial charge < -0.3 is 16.2 Å². The van der Waals surface area contributed by atoms with Crippen LogP contribution in [0, 0.1) is 0 Å². The van der Waals surface area contributed by atoms with E-state index >= 15 is 0 Å². The molecule has 1 saturated carbocycles. The van der Waals surface area contributed by atoms with Gasteiger partial charge in [-0.2, -0.15) is 0 Å². The predicted molar refractivity (Wildman–Crippen MR) is 58.2 cm³/mol. The second kappa shape index (κ2) is 4.64. The molecule has 0 aromatic carbocycles. The molecule has 0 bridgehead atoms. The third-order valence-electron chi connectivity index (χ3n) is 2.79. The molecule has 0 aromatic heterocycles. The number of nitrogens with one attached hydrogen (secondary N) is 1. The van der Waals surface area contributed by atoms with Gasteiger partial charge in [-0.3, -0.25) is 4.99 Å². The molecular weight excluding hydrogens is 178 g/mol. The molecule has 0 atom stereocenters. The summed E-state index contributed by atoms with van der Waals surface area (Å²) in [4.78, 5) is 4.15. The molecule has 0 radical (unpaired) electrons. The summed E-state index contributed by atoms with van der Waals surface area (Å²) in [6.07, 6.45) is 3.79. The molecule has 14 heavy (non-hydrogen) atoms. The van der Waals surface area contributed by atoms with Crippen LogP contribution in [0.15, 0.2) is 4.99 Å². The van der Waals surface area contributed by atoms with E-state index in [4.69, 9.17) is 5.73 Å². The van der Waals surface area contributed by atoms with E-state index in [-0.39, 0.29) is 0 Å². The molecule has 0 saturated heterocycles. The van der Waals surface area contributed by atoms with Crippen LogP contribution in [-0.4, -0.2) is 29.3 Å². The Morgan fingerprint density at radius 1 is 1.50 bits per heavy atom. The highest BCUT2D eigenvalue weighted by Gasteiger charge is 2.23. The predicted octanol–water partition coefficient (Wildman–Crippen LogP) is 0.604. The zero-order valence-electron chi connectivity index (χ0n) is 9.08. The van der Waals surface area contributed by atoms with E-state index in [1.54, 1.807) is 0 Å². The topological polar surface area (TPSA) is 70.6 Å².